The summed E-state index contributed by atoms with van der Waals surface area (Å²) >= 11 is 3.36. The first-order chi connectivity index (χ1) is 11.5. The van der Waals surface area contributed by atoms with E-state index >= 15 is 0 Å². The number of fused-ring (bicyclic) bond motifs is 3. The maximum atomic E-state index is 12.7. The van der Waals surface area contributed by atoms with Gasteiger partial charge in [-0.3, -0.25) is 4.72 Å². The molecule has 0 fully saturated rings. The van der Waals surface area contributed by atoms with Crippen LogP contribution in [0.1, 0.15) is 24.1 Å². The number of aromatic nitrogens is 1. The third kappa shape index (κ3) is 2.84. The van der Waals surface area contributed by atoms with Crippen molar-refractivity contribution in [2.45, 2.75) is 30.6 Å². The molecule has 0 unspecified atom stereocenters. The average Bonchev–Trinajstić information content (AvgIpc) is 2.92. The maximum absolute atomic E-state index is 12.7. The molecule has 0 spiro atoms. The molecule has 0 radical (unpaired) electrons. The largest absolute Gasteiger partial charge is 0.358 e. The summed E-state index contributed by atoms with van der Waals surface area (Å²) in [7, 11) is -3.61. The number of aryl methyl sites for hydroxylation is 2. The number of anilines is 1. The van der Waals surface area contributed by atoms with Crippen LogP contribution < -0.4 is 4.72 Å². The molecule has 4 nitrogen and oxygen atoms in total. The van der Waals surface area contributed by atoms with Crippen molar-refractivity contribution in [1.29, 1.82) is 0 Å². The Labute approximate surface area is 149 Å². The highest BCUT2D eigenvalue weighted by molar-refractivity contribution is 9.10. The molecule has 1 aliphatic rings. The summed E-state index contributed by atoms with van der Waals surface area (Å²) in [6.45, 7) is 0. The first-order valence-corrected chi connectivity index (χ1v) is 10.2. The van der Waals surface area contributed by atoms with Gasteiger partial charge in [-0.1, -0.05) is 22.0 Å². The van der Waals surface area contributed by atoms with Gasteiger partial charge >= 0.3 is 0 Å². The number of benzene rings is 2. The van der Waals surface area contributed by atoms with Crippen LogP contribution >= 0.6 is 15.9 Å². The van der Waals surface area contributed by atoms with Gasteiger partial charge in [-0.25, -0.2) is 8.42 Å². The smallest absolute Gasteiger partial charge is 0.261 e. The third-order valence-corrected chi connectivity index (χ3v) is 6.33. The van der Waals surface area contributed by atoms with Crippen LogP contribution in [-0.2, 0) is 22.9 Å². The Hall–Kier alpha value is -1.79. The number of hydrogen-bond acceptors (Lipinski definition) is 2. The van der Waals surface area contributed by atoms with Crippen LogP contribution in [0.5, 0.6) is 0 Å². The van der Waals surface area contributed by atoms with E-state index in [-0.39, 0.29) is 0 Å². The number of sulfonamides is 1. The van der Waals surface area contributed by atoms with Crippen LogP contribution in [-0.4, -0.2) is 13.4 Å². The minimum atomic E-state index is -3.61. The fourth-order valence-corrected chi connectivity index (χ4v) is 4.79. The summed E-state index contributed by atoms with van der Waals surface area (Å²) in [5, 5.41) is 1.03. The number of H-pyrrole nitrogens is 1. The van der Waals surface area contributed by atoms with E-state index in [2.05, 4.69) is 25.6 Å². The molecule has 2 aromatic carbocycles. The molecule has 1 heterocycles. The minimum Gasteiger partial charge on any atom is -0.358 e. The molecule has 0 bridgehead atoms. The molecule has 0 aliphatic heterocycles. The Bertz CT molecular complexity index is 1020. The van der Waals surface area contributed by atoms with Gasteiger partial charge in [0.2, 0.25) is 0 Å². The zero-order chi connectivity index (χ0) is 16.7. The zero-order valence-electron chi connectivity index (χ0n) is 13.0. The first kappa shape index (κ1) is 15.7. The van der Waals surface area contributed by atoms with Crippen molar-refractivity contribution in [2.75, 3.05) is 4.72 Å². The normalized spacial score (nSPS) is 14.5. The molecule has 24 heavy (non-hydrogen) atoms. The van der Waals surface area contributed by atoms with Crippen LogP contribution in [0.25, 0.3) is 10.9 Å². The molecule has 0 saturated carbocycles. The second-order valence-corrected chi connectivity index (χ2v) is 8.71. The van der Waals surface area contributed by atoms with E-state index in [0.717, 1.165) is 34.6 Å². The molecule has 1 aliphatic carbocycles. The highest BCUT2D eigenvalue weighted by atomic mass is 79.9. The van der Waals surface area contributed by atoms with Gasteiger partial charge in [-0.05, 0) is 67.6 Å². The van der Waals surface area contributed by atoms with Gasteiger partial charge in [0.1, 0.15) is 0 Å². The predicted molar refractivity (Wildman–Crippen MR) is 99.9 cm³/mol. The molecule has 3 aromatic rings. The second-order valence-electron chi connectivity index (χ2n) is 6.11. The lowest BCUT2D eigenvalue weighted by Crippen LogP contribution is -2.12. The zero-order valence-corrected chi connectivity index (χ0v) is 15.4. The Morgan fingerprint density at radius 2 is 1.88 bits per heavy atom. The van der Waals surface area contributed by atoms with E-state index in [1.165, 1.54) is 17.7 Å². The highest BCUT2D eigenvalue weighted by Crippen LogP contribution is 2.31. The monoisotopic (exact) mass is 404 g/mol. The number of halogens is 1. The van der Waals surface area contributed by atoms with Gasteiger partial charge in [0.25, 0.3) is 10.0 Å². The molecule has 6 heteroatoms. The number of aromatic amines is 1. The topological polar surface area (TPSA) is 62.0 Å². The van der Waals surface area contributed by atoms with E-state index in [1.54, 1.807) is 30.3 Å². The van der Waals surface area contributed by atoms with Crippen molar-refractivity contribution < 1.29 is 8.42 Å². The van der Waals surface area contributed by atoms with Crippen LogP contribution in [0.15, 0.2) is 51.8 Å². The molecule has 124 valence electrons. The molecule has 2 N–H and O–H groups in total. The molecule has 0 atom stereocenters. The molecule has 4 rings (SSSR count). The van der Waals surface area contributed by atoms with Gasteiger partial charge in [-0.2, -0.15) is 0 Å². The standard InChI is InChI=1S/C18H17BrN2O2S/c19-12-4-3-5-13(10-12)21-24(22,23)14-8-9-18-16(11-14)15-6-1-2-7-17(15)20-18/h3-5,8-11,20-21H,1-2,6-7H2. The highest BCUT2D eigenvalue weighted by Gasteiger charge is 2.19. The second kappa shape index (κ2) is 5.93. The number of rotatable bonds is 3. The lowest BCUT2D eigenvalue weighted by atomic mass is 9.96. The van der Waals surface area contributed by atoms with Crippen LogP contribution in [0.4, 0.5) is 5.69 Å². The Kier molecular flexibility index (Phi) is 3.89. The van der Waals surface area contributed by atoms with Gasteiger partial charge in [0, 0.05) is 26.8 Å². The summed E-state index contributed by atoms with van der Waals surface area (Å²) in [5.74, 6) is 0. The molecular weight excluding hydrogens is 388 g/mol. The van der Waals surface area contributed by atoms with Gasteiger partial charge in [0.15, 0.2) is 0 Å². The molecule has 0 amide bonds. The summed E-state index contributed by atoms with van der Waals surface area (Å²) in [6, 6.07) is 12.4. The molecule has 0 saturated heterocycles. The van der Waals surface area contributed by atoms with E-state index in [1.807, 2.05) is 12.1 Å². The van der Waals surface area contributed by atoms with E-state index in [0.29, 0.717) is 10.6 Å². The third-order valence-electron chi connectivity index (χ3n) is 4.46. The summed E-state index contributed by atoms with van der Waals surface area (Å²) < 4.78 is 28.9. The average molecular weight is 405 g/mol. The molecule has 1 aromatic heterocycles. The van der Waals surface area contributed by atoms with Gasteiger partial charge < -0.3 is 4.98 Å². The van der Waals surface area contributed by atoms with Crippen LogP contribution in [0.2, 0.25) is 0 Å². The summed E-state index contributed by atoms with van der Waals surface area (Å²) in [6.07, 6.45) is 4.41. The first-order valence-electron chi connectivity index (χ1n) is 7.95. The summed E-state index contributed by atoms with van der Waals surface area (Å²) in [4.78, 5) is 3.72. The van der Waals surface area contributed by atoms with Gasteiger partial charge in [-0.15, -0.1) is 0 Å². The van der Waals surface area contributed by atoms with Crippen molar-refractivity contribution >= 4 is 42.5 Å². The fourth-order valence-electron chi connectivity index (χ4n) is 3.32. The van der Waals surface area contributed by atoms with Crippen molar-refractivity contribution in [2.24, 2.45) is 0 Å². The lowest BCUT2D eigenvalue weighted by molar-refractivity contribution is 0.601. The molecular formula is C18H17BrN2O2S. The van der Waals surface area contributed by atoms with Crippen molar-refractivity contribution in [3.05, 3.63) is 58.2 Å². The Morgan fingerprint density at radius 1 is 1.04 bits per heavy atom. The van der Waals surface area contributed by atoms with E-state index < -0.39 is 10.0 Å². The quantitative estimate of drug-likeness (QED) is 0.669. The van der Waals surface area contributed by atoms with Crippen molar-refractivity contribution in [3.63, 3.8) is 0 Å². The maximum Gasteiger partial charge on any atom is 0.261 e. The van der Waals surface area contributed by atoms with E-state index in [4.69, 9.17) is 0 Å². The van der Waals surface area contributed by atoms with Crippen molar-refractivity contribution in [1.82, 2.24) is 4.98 Å². The fraction of sp³-hybridized carbons (Fsp3) is 0.222. The van der Waals surface area contributed by atoms with E-state index in [9.17, 15) is 8.42 Å². The predicted octanol–water partition coefficient (Wildman–Crippen LogP) is 4.61. The minimum absolute atomic E-state index is 0.294. The number of nitrogens with one attached hydrogen (secondary N) is 2. The summed E-state index contributed by atoms with van der Waals surface area (Å²) in [5.41, 5.74) is 4.09. The van der Waals surface area contributed by atoms with Crippen molar-refractivity contribution in [3.8, 4) is 0 Å². The lowest BCUT2D eigenvalue weighted by Gasteiger charge is -2.11. The SMILES string of the molecule is O=S(=O)(Nc1cccc(Br)c1)c1ccc2[nH]c3c(c2c1)CCCC3. The Morgan fingerprint density at radius 3 is 2.71 bits per heavy atom. The van der Waals surface area contributed by atoms with Crippen LogP contribution in [0.3, 0.4) is 0 Å². The van der Waals surface area contributed by atoms with Gasteiger partial charge in [0.05, 0.1) is 4.90 Å². The Balaban J connectivity index is 1.75. The number of hydrogen-bond donors (Lipinski definition) is 2. The van der Waals surface area contributed by atoms with Crippen LogP contribution in [0, 0.1) is 0 Å².